The third-order valence-corrected chi connectivity index (χ3v) is 4.68. The molecule has 1 aromatic rings. The highest BCUT2D eigenvalue weighted by Crippen LogP contribution is 2.33. The zero-order chi connectivity index (χ0) is 16.4. The Hall–Kier alpha value is -1.50. The van der Waals surface area contributed by atoms with Crippen LogP contribution in [0.15, 0.2) is 18.2 Å². The summed E-state index contributed by atoms with van der Waals surface area (Å²) in [4.78, 5) is 14.4. The molecule has 7 heteroatoms. The van der Waals surface area contributed by atoms with Crippen LogP contribution in [-0.2, 0) is 4.79 Å². The second kappa shape index (κ2) is 6.95. The van der Waals surface area contributed by atoms with Gasteiger partial charge in [-0.2, -0.15) is 0 Å². The zero-order valence-electron chi connectivity index (χ0n) is 13.1. The number of ether oxygens (including phenoxy) is 1. The first-order valence-electron chi connectivity index (χ1n) is 7.87. The minimum atomic E-state index is -0.429. The molecule has 3 atom stereocenters. The number of nitrogens with zero attached hydrogens (tertiary/aromatic N) is 1. The molecule has 3 rings (SSSR count). The number of carbonyl (C=O) groups is 1. The van der Waals surface area contributed by atoms with Crippen LogP contribution in [0.1, 0.15) is 12.8 Å². The van der Waals surface area contributed by atoms with Gasteiger partial charge in [-0.25, -0.2) is 0 Å². The number of halogens is 1. The number of hydrogen-bond donors (Lipinski definition) is 3. The van der Waals surface area contributed by atoms with E-state index in [0.29, 0.717) is 18.0 Å². The van der Waals surface area contributed by atoms with E-state index < -0.39 is 6.10 Å². The molecule has 0 aromatic heterocycles. The van der Waals surface area contributed by atoms with Gasteiger partial charge in [0.05, 0.1) is 24.9 Å². The van der Waals surface area contributed by atoms with Crippen LogP contribution in [-0.4, -0.2) is 55.9 Å². The van der Waals surface area contributed by atoms with E-state index in [2.05, 4.69) is 15.5 Å². The van der Waals surface area contributed by atoms with Crippen molar-refractivity contribution in [1.82, 2.24) is 10.6 Å². The Bertz CT molecular complexity index is 584. The first-order valence-corrected chi connectivity index (χ1v) is 8.25. The predicted octanol–water partition coefficient (Wildman–Crippen LogP) is 0.766. The van der Waals surface area contributed by atoms with Crippen molar-refractivity contribution < 1.29 is 14.6 Å². The van der Waals surface area contributed by atoms with Crippen molar-refractivity contribution in [2.45, 2.75) is 31.0 Å². The molecule has 0 aliphatic carbocycles. The number of rotatable bonds is 4. The van der Waals surface area contributed by atoms with Crippen LogP contribution in [0.3, 0.4) is 0 Å². The SMILES string of the molecule is COc1ccc(Cl)cc1N1CCC(NC(=O)C2CC(O)CN2)C1. The summed E-state index contributed by atoms with van der Waals surface area (Å²) in [5, 5.41) is 16.3. The average molecular weight is 340 g/mol. The highest BCUT2D eigenvalue weighted by Gasteiger charge is 2.31. The molecule has 0 bridgehead atoms. The molecule has 6 nitrogen and oxygen atoms in total. The molecule has 2 fully saturated rings. The van der Waals surface area contributed by atoms with Gasteiger partial charge in [0.2, 0.25) is 5.91 Å². The van der Waals surface area contributed by atoms with E-state index in [9.17, 15) is 9.90 Å². The van der Waals surface area contributed by atoms with Gasteiger partial charge >= 0.3 is 0 Å². The third kappa shape index (κ3) is 3.71. The summed E-state index contributed by atoms with van der Waals surface area (Å²) < 4.78 is 5.40. The number of hydrogen-bond acceptors (Lipinski definition) is 5. The molecule has 1 amide bonds. The normalized spacial score (nSPS) is 27.3. The lowest BCUT2D eigenvalue weighted by atomic mass is 10.1. The van der Waals surface area contributed by atoms with E-state index in [1.165, 1.54) is 0 Å². The highest BCUT2D eigenvalue weighted by atomic mass is 35.5. The topological polar surface area (TPSA) is 73.8 Å². The van der Waals surface area contributed by atoms with Crippen LogP contribution in [0.5, 0.6) is 5.75 Å². The number of nitrogens with one attached hydrogen (secondary N) is 2. The molecular formula is C16H22ClN3O3. The molecule has 3 unspecified atom stereocenters. The molecule has 1 aromatic carbocycles. The summed E-state index contributed by atoms with van der Waals surface area (Å²) in [5.74, 6) is 0.744. The Labute approximate surface area is 140 Å². The monoisotopic (exact) mass is 339 g/mol. The number of methoxy groups -OCH3 is 1. The summed E-state index contributed by atoms with van der Waals surface area (Å²) in [6, 6.07) is 5.34. The van der Waals surface area contributed by atoms with Crippen LogP contribution in [0, 0.1) is 0 Å². The quantitative estimate of drug-likeness (QED) is 0.755. The second-order valence-electron chi connectivity index (χ2n) is 6.11. The van der Waals surface area contributed by atoms with Gasteiger partial charge < -0.3 is 25.4 Å². The Kier molecular flexibility index (Phi) is 4.94. The number of aliphatic hydroxyl groups is 1. The van der Waals surface area contributed by atoms with Crippen LogP contribution in [0.2, 0.25) is 5.02 Å². The molecule has 126 valence electrons. The molecule has 23 heavy (non-hydrogen) atoms. The van der Waals surface area contributed by atoms with Gasteiger partial charge in [0.1, 0.15) is 5.75 Å². The summed E-state index contributed by atoms with van der Waals surface area (Å²) in [7, 11) is 1.64. The molecule has 2 saturated heterocycles. The summed E-state index contributed by atoms with van der Waals surface area (Å²) in [6.07, 6.45) is 0.919. The number of benzene rings is 1. The van der Waals surface area contributed by atoms with E-state index in [0.717, 1.165) is 30.9 Å². The lowest BCUT2D eigenvalue weighted by molar-refractivity contribution is -0.123. The van der Waals surface area contributed by atoms with Gasteiger partial charge in [0.15, 0.2) is 0 Å². The molecule has 2 heterocycles. The molecule has 0 radical (unpaired) electrons. The van der Waals surface area contributed by atoms with Crippen molar-refractivity contribution in [2.75, 3.05) is 31.6 Å². The highest BCUT2D eigenvalue weighted by molar-refractivity contribution is 6.30. The van der Waals surface area contributed by atoms with Crippen molar-refractivity contribution in [2.24, 2.45) is 0 Å². The van der Waals surface area contributed by atoms with E-state index in [1.807, 2.05) is 12.1 Å². The van der Waals surface area contributed by atoms with Gasteiger partial charge in [-0.05, 0) is 31.0 Å². The number of anilines is 1. The van der Waals surface area contributed by atoms with Crippen LogP contribution < -0.4 is 20.3 Å². The summed E-state index contributed by atoms with van der Waals surface area (Å²) in [5.41, 5.74) is 0.950. The van der Waals surface area contributed by atoms with Crippen molar-refractivity contribution >= 4 is 23.2 Å². The molecule has 2 aliphatic rings. The first kappa shape index (κ1) is 16.4. The molecule has 0 saturated carbocycles. The average Bonchev–Trinajstić information content (AvgIpc) is 3.16. The first-order chi connectivity index (χ1) is 11.1. The Morgan fingerprint density at radius 2 is 2.35 bits per heavy atom. The van der Waals surface area contributed by atoms with Gasteiger partial charge in [-0.15, -0.1) is 0 Å². The number of aliphatic hydroxyl groups excluding tert-OH is 1. The second-order valence-corrected chi connectivity index (χ2v) is 6.54. The maximum absolute atomic E-state index is 12.2. The molecular weight excluding hydrogens is 318 g/mol. The maximum Gasteiger partial charge on any atom is 0.237 e. The Morgan fingerprint density at radius 3 is 3.04 bits per heavy atom. The Morgan fingerprint density at radius 1 is 1.52 bits per heavy atom. The lowest BCUT2D eigenvalue weighted by Gasteiger charge is -2.22. The minimum absolute atomic E-state index is 0.0357. The lowest BCUT2D eigenvalue weighted by Crippen LogP contribution is -2.46. The van der Waals surface area contributed by atoms with Gasteiger partial charge in [0.25, 0.3) is 0 Å². The van der Waals surface area contributed by atoms with E-state index >= 15 is 0 Å². The number of β-amino-alcohol motifs (C(OH)–C–C–N with tert-alkyl or cyclic N) is 1. The van der Waals surface area contributed by atoms with Crippen molar-refractivity contribution in [3.8, 4) is 5.75 Å². The third-order valence-electron chi connectivity index (χ3n) is 4.44. The fourth-order valence-corrected chi connectivity index (χ4v) is 3.39. The number of carbonyl (C=O) groups excluding carboxylic acids is 1. The van der Waals surface area contributed by atoms with Crippen molar-refractivity contribution in [3.63, 3.8) is 0 Å². The zero-order valence-corrected chi connectivity index (χ0v) is 13.8. The summed E-state index contributed by atoms with van der Waals surface area (Å²) >= 11 is 6.09. The van der Waals surface area contributed by atoms with E-state index in [1.54, 1.807) is 13.2 Å². The molecule has 3 N–H and O–H groups in total. The van der Waals surface area contributed by atoms with Crippen LogP contribution >= 0.6 is 11.6 Å². The van der Waals surface area contributed by atoms with Gasteiger partial charge in [-0.3, -0.25) is 4.79 Å². The van der Waals surface area contributed by atoms with Crippen LogP contribution in [0.4, 0.5) is 5.69 Å². The minimum Gasteiger partial charge on any atom is -0.495 e. The fraction of sp³-hybridized carbons (Fsp3) is 0.562. The van der Waals surface area contributed by atoms with Crippen LogP contribution in [0.25, 0.3) is 0 Å². The number of amides is 1. The van der Waals surface area contributed by atoms with E-state index in [4.69, 9.17) is 16.3 Å². The Balaban J connectivity index is 1.60. The smallest absolute Gasteiger partial charge is 0.237 e. The molecule has 2 aliphatic heterocycles. The predicted molar refractivity (Wildman–Crippen MR) is 89.2 cm³/mol. The van der Waals surface area contributed by atoms with E-state index in [-0.39, 0.29) is 18.0 Å². The van der Waals surface area contributed by atoms with Crippen molar-refractivity contribution in [1.29, 1.82) is 0 Å². The fourth-order valence-electron chi connectivity index (χ4n) is 3.23. The van der Waals surface area contributed by atoms with Gasteiger partial charge in [0, 0.05) is 30.7 Å². The maximum atomic E-state index is 12.2. The largest absolute Gasteiger partial charge is 0.495 e. The molecule has 0 spiro atoms. The standard InChI is InChI=1S/C16H22ClN3O3/c1-23-15-3-2-10(17)6-14(15)20-5-4-11(9-20)19-16(22)13-7-12(21)8-18-13/h2-3,6,11-13,18,21H,4-5,7-9H2,1H3,(H,19,22). The summed E-state index contributed by atoms with van der Waals surface area (Å²) in [6.45, 7) is 2.04. The van der Waals surface area contributed by atoms with Gasteiger partial charge in [-0.1, -0.05) is 11.6 Å². The van der Waals surface area contributed by atoms with Crippen molar-refractivity contribution in [3.05, 3.63) is 23.2 Å².